The monoisotopic (exact) mass is 373 g/mol. The summed E-state index contributed by atoms with van der Waals surface area (Å²) in [6.45, 7) is 4.21. The van der Waals surface area contributed by atoms with Gasteiger partial charge in [-0.25, -0.2) is 0 Å². The van der Waals surface area contributed by atoms with Crippen LogP contribution < -0.4 is 0 Å². The highest BCUT2D eigenvalue weighted by Crippen LogP contribution is 2.35. The Balaban J connectivity index is 0.00000176. The molecule has 3 aromatic rings. The van der Waals surface area contributed by atoms with Gasteiger partial charge in [0.05, 0.1) is 5.02 Å². The lowest BCUT2D eigenvalue weighted by Crippen LogP contribution is -1.96. The molecule has 22 heavy (non-hydrogen) atoms. The molecule has 0 aliphatic rings. The first-order valence-electron chi connectivity index (χ1n) is 6.52. The van der Waals surface area contributed by atoms with E-state index in [0.717, 1.165) is 21.3 Å². The third-order valence-electron chi connectivity index (χ3n) is 3.04. The summed E-state index contributed by atoms with van der Waals surface area (Å²) in [5.74, 6) is 1.27. The Morgan fingerprint density at radius 2 is 1.86 bits per heavy atom. The Hall–Kier alpha value is -0.940. The summed E-state index contributed by atoms with van der Waals surface area (Å²) in [7, 11) is 0. The zero-order valence-electron chi connectivity index (χ0n) is 12.0. The number of hydrogen-bond donors (Lipinski definition) is 0. The third kappa shape index (κ3) is 3.51. The van der Waals surface area contributed by atoms with Gasteiger partial charge in [0.2, 0.25) is 0 Å². The number of aromatic nitrogens is 3. The number of benzene rings is 1. The van der Waals surface area contributed by atoms with Gasteiger partial charge in [-0.15, -0.1) is 22.6 Å². The zero-order chi connectivity index (χ0) is 15.0. The van der Waals surface area contributed by atoms with Crippen LogP contribution in [0.25, 0.3) is 5.65 Å². The maximum Gasteiger partial charge on any atom is 0.160 e. The van der Waals surface area contributed by atoms with Gasteiger partial charge >= 0.3 is 0 Å². The molecule has 0 unspecified atom stereocenters. The number of hydrogen-bond acceptors (Lipinski definition) is 3. The smallest absolute Gasteiger partial charge is 0.160 e. The average Bonchev–Trinajstić information content (AvgIpc) is 2.85. The van der Waals surface area contributed by atoms with E-state index >= 15 is 0 Å². The van der Waals surface area contributed by atoms with E-state index in [1.807, 2.05) is 34.9 Å². The molecule has 0 spiro atoms. The largest absolute Gasteiger partial charge is 0.285 e. The predicted octanol–water partition coefficient (Wildman–Crippen LogP) is 5.73. The number of pyridine rings is 1. The van der Waals surface area contributed by atoms with E-state index < -0.39 is 0 Å². The maximum absolute atomic E-state index is 6.22. The van der Waals surface area contributed by atoms with E-state index in [1.165, 1.54) is 0 Å². The molecule has 0 aliphatic heterocycles. The first-order chi connectivity index (χ1) is 10.0. The van der Waals surface area contributed by atoms with E-state index in [9.17, 15) is 0 Å². The Labute approximate surface area is 149 Å². The molecule has 0 bridgehead atoms. The third-order valence-corrected chi connectivity index (χ3v) is 4.75. The standard InChI is InChI=1S/C15H13Cl2N3S.ClH/c1-9(2)15-19-18-14-6-4-11(8-20(14)15)21-13-5-3-10(16)7-12(13)17;/h3-9H,1-2H3;1H. The highest BCUT2D eigenvalue weighted by atomic mass is 35.5. The molecular weight excluding hydrogens is 361 g/mol. The van der Waals surface area contributed by atoms with Gasteiger partial charge in [0.1, 0.15) is 5.82 Å². The lowest BCUT2D eigenvalue weighted by Gasteiger charge is -2.07. The molecule has 0 saturated carbocycles. The molecule has 2 aromatic heterocycles. The van der Waals surface area contributed by atoms with Crippen LogP contribution in [0.2, 0.25) is 10.0 Å². The summed E-state index contributed by atoms with van der Waals surface area (Å²) >= 11 is 13.7. The molecule has 0 amide bonds. The lowest BCUT2D eigenvalue weighted by atomic mass is 10.2. The van der Waals surface area contributed by atoms with Gasteiger partial charge < -0.3 is 0 Å². The van der Waals surface area contributed by atoms with Crippen LogP contribution >= 0.6 is 47.4 Å². The Morgan fingerprint density at radius 1 is 1.09 bits per heavy atom. The molecule has 0 aliphatic carbocycles. The van der Waals surface area contributed by atoms with Crippen LogP contribution in [0, 0.1) is 0 Å². The predicted molar refractivity (Wildman–Crippen MR) is 94.9 cm³/mol. The number of fused-ring (bicyclic) bond motifs is 1. The first kappa shape index (κ1) is 17.4. The van der Waals surface area contributed by atoms with E-state index in [0.29, 0.717) is 16.0 Å². The minimum Gasteiger partial charge on any atom is -0.285 e. The average molecular weight is 375 g/mol. The van der Waals surface area contributed by atoms with Crippen molar-refractivity contribution in [1.82, 2.24) is 14.6 Å². The topological polar surface area (TPSA) is 30.2 Å². The van der Waals surface area contributed by atoms with Crippen molar-refractivity contribution in [3.05, 3.63) is 52.4 Å². The Morgan fingerprint density at radius 3 is 2.55 bits per heavy atom. The van der Waals surface area contributed by atoms with Crippen LogP contribution in [0.3, 0.4) is 0 Å². The van der Waals surface area contributed by atoms with Crippen LogP contribution in [0.1, 0.15) is 25.6 Å². The van der Waals surface area contributed by atoms with Crippen molar-refractivity contribution in [3.63, 3.8) is 0 Å². The minimum absolute atomic E-state index is 0. The summed E-state index contributed by atoms with van der Waals surface area (Å²) in [6, 6.07) is 9.50. The summed E-state index contributed by atoms with van der Waals surface area (Å²) in [4.78, 5) is 2.05. The summed E-state index contributed by atoms with van der Waals surface area (Å²) < 4.78 is 2.02. The molecule has 0 saturated heterocycles. The van der Waals surface area contributed by atoms with E-state index in [-0.39, 0.29) is 12.4 Å². The minimum atomic E-state index is 0. The van der Waals surface area contributed by atoms with Crippen molar-refractivity contribution in [2.45, 2.75) is 29.6 Å². The van der Waals surface area contributed by atoms with Gasteiger partial charge in [-0.05, 0) is 30.3 Å². The van der Waals surface area contributed by atoms with Crippen molar-refractivity contribution in [2.24, 2.45) is 0 Å². The molecule has 3 nitrogen and oxygen atoms in total. The van der Waals surface area contributed by atoms with Crippen molar-refractivity contribution in [1.29, 1.82) is 0 Å². The quantitative estimate of drug-likeness (QED) is 0.586. The van der Waals surface area contributed by atoms with Crippen LogP contribution in [0.15, 0.2) is 46.3 Å². The summed E-state index contributed by atoms with van der Waals surface area (Å²) in [5, 5.41) is 9.70. The van der Waals surface area contributed by atoms with E-state index in [4.69, 9.17) is 23.2 Å². The fraction of sp³-hybridized carbons (Fsp3) is 0.200. The first-order valence-corrected chi connectivity index (χ1v) is 8.09. The molecule has 0 atom stereocenters. The van der Waals surface area contributed by atoms with E-state index in [2.05, 4.69) is 24.0 Å². The van der Waals surface area contributed by atoms with Crippen LogP contribution in [-0.4, -0.2) is 14.6 Å². The summed E-state index contributed by atoms with van der Waals surface area (Å²) in [5.41, 5.74) is 0.852. The van der Waals surface area contributed by atoms with Crippen molar-refractivity contribution >= 4 is 53.0 Å². The van der Waals surface area contributed by atoms with Crippen LogP contribution in [0.4, 0.5) is 0 Å². The molecule has 0 N–H and O–H groups in total. The lowest BCUT2D eigenvalue weighted by molar-refractivity contribution is 0.756. The van der Waals surface area contributed by atoms with Gasteiger partial charge in [0.25, 0.3) is 0 Å². The van der Waals surface area contributed by atoms with Gasteiger partial charge in [-0.3, -0.25) is 4.40 Å². The Kier molecular flexibility index (Phi) is 5.61. The molecular formula is C15H14Cl3N3S. The fourth-order valence-electron chi connectivity index (χ4n) is 2.03. The van der Waals surface area contributed by atoms with Crippen LogP contribution in [0.5, 0.6) is 0 Å². The number of rotatable bonds is 3. The SMILES string of the molecule is CC(C)c1nnc2ccc(Sc3ccc(Cl)cc3Cl)cn12.Cl. The second-order valence-corrected chi connectivity index (χ2v) is 6.94. The van der Waals surface area contributed by atoms with E-state index in [1.54, 1.807) is 17.8 Å². The van der Waals surface area contributed by atoms with Crippen molar-refractivity contribution < 1.29 is 0 Å². The highest BCUT2D eigenvalue weighted by Gasteiger charge is 2.10. The second kappa shape index (κ2) is 7.09. The second-order valence-electron chi connectivity index (χ2n) is 4.98. The van der Waals surface area contributed by atoms with Crippen molar-refractivity contribution in [3.8, 4) is 0 Å². The van der Waals surface area contributed by atoms with Gasteiger partial charge in [0, 0.05) is 26.9 Å². The molecule has 7 heteroatoms. The molecule has 0 radical (unpaired) electrons. The van der Waals surface area contributed by atoms with Gasteiger partial charge in [-0.2, -0.15) is 0 Å². The molecule has 0 fully saturated rings. The molecule has 1 aromatic carbocycles. The van der Waals surface area contributed by atoms with Gasteiger partial charge in [0.15, 0.2) is 5.65 Å². The highest BCUT2D eigenvalue weighted by molar-refractivity contribution is 7.99. The maximum atomic E-state index is 6.22. The summed E-state index contributed by atoms with van der Waals surface area (Å²) in [6.07, 6.45) is 2.04. The fourth-order valence-corrected chi connectivity index (χ4v) is 3.39. The van der Waals surface area contributed by atoms with Gasteiger partial charge in [-0.1, -0.05) is 48.8 Å². The Bertz CT molecular complexity index is 802. The number of nitrogens with zero attached hydrogens (tertiary/aromatic N) is 3. The molecule has 2 heterocycles. The zero-order valence-corrected chi connectivity index (χ0v) is 15.1. The van der Waals surface area contributed by atoms with Crippen molar-refractivity contribution in [2.75, 3.05) is 0 Å². The normalized spacial score (nSPS) is 11.0. The molecule has 3 rings (SSSR count). The molecule has 116 valence electrons. The van der Waals surface area contributed by atoms with Crippen LogP contribution in [-0.2, 0) is 0 Å². The number of halogens is 3.